The van der Waals surface area contributed by atoms with Gasteiger partial charge in [-0.05, 0) is 58.4 Å². The number of aryl methyl sites for hydroxylation is 2. The van der Waals surface area contributed by atoms with Crippen molar-refractivity contribution in [2.24, 2.45) is 11.3 Å². The number of nitrogens with one attached hydrogen (secondary N) is 1. The van der Waals surface area contributed by atoms with Crippen molar-refractivity contribution in [1.29, 1.82) is 0 Å². The van der Waals surface area contributed by atoms with E-state index in [2.05, 4.69) is 10.2 Å². The Balaban J connectivity index is 1.96. The summed E-state index contributed by atoms with van der Waals surface area (Å²) in [4.78, 5) is 26.5. The summed E-state index contributed by atoms with van der Waals surface area (Å²) < 4.78 is 4.93. The van der Waals surface area contributed by atoms with Crippen molar-refractivity contribution < 1.29 is 14.3 Å². The molecular formula is C18H29N3O3. The third-order valence-electron chi connectivity index (χ3n) is 5.38. The molecule has 2 rings (SSSR count). The molecule has 1 fully saturated rings. The standard InChI is InChI=1S/C18H29N3O3/c1-12-15(13(2)20-19-12)8-9-16(22)21-10-6-7-14(11-21)18(3,4)17(23)24-5/h14H,6-11H2,1-5H3,(H,19,20)/t14-/m1/s1. The number of carbonyl (C=O) groups excluding carboxylic acids is 2. The van der Waals surface area contributed by atoms with Crippen molar-refractivity contribution in [3.63, 3.8) is 0 Å². The Bertz CT molecular complexity index is 587. The number of hydrogen-bond acceptors (Lipinski definition) is 4. The van der Waals surface area contributed by atoms with Crippen molar-refractivity contribution in [1.82, 2.24) is 15.1 Å². The van der Waals surface area contributed by atoms with Crippen molar-refractivity contribution in [3.05, 3.63) is 17.0 Å². The van der Waals surface area contributed by atoms with Gasteiger partial charge in [0.05, 0.1) is 18.2 Å². The average Bonchev–Trinajstić information content (AvgIpc) is 2.90. The van der Waals surface area contributed by atoms with Crippen LogP contribution in [0.25, 0.3) is 0 Å². The molecule has 1 aromatic rings. The molecule has 0 aliphatic carbocycles. The van der Waals surface area contributed by atoms with Crippen molar-refractivity contribution >= 4 is 11.9 Å². The maximum absolute atomic E-state index is 12.6. The number of hydrogen-bond donors (Lipinski definition) is 1. The molecule has 1 amide bonds. The van der Waals surface area contributed by atoms with Crippen LogP contribution in [0.5, 0.6) is 0 Å². The van der Waals surface area contributed by atoms with Gasteiger partial charge in [-0.25, -0.2) is 0 Å². The Morgan fingerprint density at radius 2 is 2.08 bits per heavy atom. The molecule has 1 aliphatic rings. The van der Waals surface area contributed by atoms with Crippen LogP contribution in [-0.4, -0.2) is 47.2 Å². The normalized spacial score (nSPS) is 18.5. The van der Waals surface area contributed by atoms with Gasteiger partial charge in [0.15, 0.2) is 0 Å². The van der Waals surface area contributed by atoms with E-state index in [1.807, 2.05) is 32.6 Å². The Morgan fingerprint density at radius 3 is 2.67 bits per heavy atom. The summed E-state index contributed by atoms with van der Waals surface area (Å²) in [5.41, 5.74) is 2.56. The highest BCUT2D eigenvalue weighted by Gasteiger charge is 2.40. The Labute approximate surface area is 143 Å². The maximum atomic E-state index is 12.6. The number of methoxy groups -OCH3 is 1. The minimum atomic E-state index is -0.564. The first-order valence-corrected chi connectivity index (χ1v) is 8.64. The molecular weight excluding hydrogens is 306 g/mol. The Kier molecular flexibility index (Phi) is 5.67. The molecule has 0 aromatic carbocycles. The van der Waals surface area contributed by atoms with Gasteiger partial charge >= 0.3 is 5.97 Å². The lowest BCUT2D eigenvalue weighted by Gasteiger charge is -2.39. The number of rotatable bonds is 5. The Morgan fingerprint density at radius 1 is 1.38 bits per heavy atom. The maximum Gasteiger partial charge on any atom is 0.311 e. The van der Waals surface area contributed by atoms with E-state index in [-0.39, 0.29) is 17.8 Å². The number of ether oxygens (including phenoxy) is 1. The van der Waals surface area contributed by atoms with E-state index in [4.69, 9.17) is 4.74 Å². The number of carbonyl (C=O) groups is 2. The fraction of sp³-hybridized carbons (Fsp3) is 0.722. The third kappa shape index (κ3) is 3.79. The third-order valence-corrected chi connectivity index (χ3v) is 5.38. The number of amides is 1. The summed E-state index contributed by atoms with van der Waals surface area (Å²) in [6.07, 6.45) is 3.06. The van der Waals surface area contributed by atoms with Gasteiger partial charge in [0.2, 0.25) is 5.91 Å². The fourth-order valence-corrected chi connectivity index (χ4v) is 3.55. The van der Waals surface area contributed by atoms with Crippen molar-refractivity contribution in [2.75, 3.05) is 20.2 Å². The number of aromatic amines is 1. The molecule has 1 aliphatic heterocycles. The number of likely N-dealkylation sites (tertiary alicyclic amines) is 1. The average molecular weight is 335 g/mol. The lowest BCUT2D eigenvalue weighted by molar-refractivity contribution is -0.156. The van der Waals surface area contributed by atoms with Crippen molar-refractivity contribution in [3.8, 4) is 0 Å². The predicted molar refractivity (Wildman–Crippen MR) is 91.5 cm³/mol. The summed E-state index contributed by atoms with van der Waals surface area (Å²) in [5.74, 6) is 0.0897. The Hall–Kier alpha value is -1.85. The van der Waals surface area contributed by atoms with Gasteiger partial charge in [-0.3, -0.25) is 14.7 Å². The molecule has 0 radical (unpaired) electrons. The number of H-pyrrole nitrogens is 1. The summed E-state index contributed by atoms with van der Waals surface area (Å²) in [6.45, 7) is 9.17. The van der Waals surface area contributed by atoms with Crippen LogP contribution >= 0.6 is 0 Å². The van der Waals surface area contributed by atoms with Crippen LogP contribution in [0, 0.1) is 25.2 Å². The van der Waals surface area contributed by atoms with E-state index in [1.54, 1.807) is 0 Å². The van der Waals surface area contributed by atoms with Crippen LogP contribution in [0.15, 0.2) is 0 Å². The lowest BCUT2D eigenvalue weighted by atomic mass is 9.74. The second-order valence-corrected chi connectivity index (χ2v) is 7.30. The monoisotopic (exact) mass is 335 g/mol. The van der Waals surface area contributed by atoms with Gasteiger partial charge in [-0.2, -0.15) is 5.10 Å². The summed E-state index contributed by atoms with van der Waals surface area (Å²) in [7, 11) is 1.42. The predicted octanol–water partition coefficient (Wildman–Crippen LogP) is 2.40. The second-order valence-electron chi connectivity index (χ2n) is 7.30. The van der Waals surface area contributed by atoms with Gasteiger partial charge < -0.3 is 9.64 Å². The minimum absolute atomic E-state index is 0.139. The molecule has 0 saturated carbocycles. The second kappa shape index (κ2) is 7.36. The van der Waals surface area contributed by atoms with E-state index >= 15 is 0 Å². The summed E-state index contributed by atoms with van der Waals surface area (Å²) in [5, 5.41) is 7.14. The van der Waals surface area contributed by atoms with Gasteiger partial charge in [-0.1, -0.05) is 0 Å². The largest absolute Gasteiger partial charge is 0.469 e. The SMILES string of the molecule is COC(=O)C(C)(C)[C@@H]1CCCN(C(=O)CCc2c(C)n[nH]c2C)C1. The molecule has 6 nitrogen and oxygen atoms in total. The minimum Gasteiger partial charge on any atom is -0.469 e. The van der Waals surface area contributed by atoms with Gasteiger partial charge in [0.1, 0.15) is 0 Å². The fourth-order valence-electron chi connectivity index (χ4n) is 3.55. The molecule has 6 heteroatoms. The van der Waals surface area contributed by atoms with Crippen LogP contribution in [-0.2, 0) is 20.7 Å². The van der Waals surface area contributed by atoms with Crippen LogP contribution in [0.4, 0.5) is 0 Å². The number of piperidine rings is 1. The smallest absolute Gasteiger partial charge is 0.311 e. The van der Waals surface area contributed by atoms with Gasteiger partial charge in [0, 0.05) is 25.2 Å². The van der Waals surface area contributed by atoms with Crippen LogP contribution < -0.4 is 0 Å². The van der Waals surface area contributed by atoms with Gasteiger partial charge in [0.25, 0.3) is 0 Å². The summed E-state index contributed by atoms with van der Waals surface area (Å²) >= 11 is 0. The highest BCUT2D eigenvalue weighted by atomic mass is 16.5. The molecule has 1 N–H and O–H groups in total. The molecule has 1 aromatic heterocycles. The molecule has 24 heavy (non-hydrogen) atoms. The van der Waals surface area contributed by atoms with Crippen LogP contribution in [0.2, 0.25) is 0 Å². The molecule has 1 saturated heterocycles. The highest BCUT2D eigenvalue weighted by molar-refractivity contribution is 5.78. The molecule has 0 unspecified atom stereocenters. The topological polar surface area (TPSA) is 75.3 Å². The number of nitrogens with zero attached hydrogens (tertiary/aromatic N) is 2. The molecule has 134 valence electrons. The molecule has 2 heterocycles. The van der Waals surface area contributed by atoms with E-state index in [0.717, 1.165) is 36.3 Å². The van der Waals surface area contributed by atoms with Gasteiger partial charge in [-0.15, -0.1) is 0 Å². The zero-order chi connectivity index (χ0) is 17.9. The first-order chi connectivity index (χ1) is 11.3. The molecule has 1 atom stereocenters. The van der Waals surface area contributed by atoms with Crippen LogP contribution in [0.3, 0.4) is 0 Å². The van der Waals surface area contributed by atoms with E-state index < -0.39 is 5.41 Å². The quantitative estimate of drug-likeness (QED) is 0.839. The molecule has 0 spiro atoms. The van der Waals surface area contributed by atoms with E-state index in [1.165, 1.54) is 7.11 Å². The highest BCUT2D eigenvalue weighted by Crippen LogP contribution is 2.35. The lowest BCUT2D eigenvalue weighted by Crippen LogP contribution is -2.47. The van der Waals surface area contributed by atoms with E-state index in [0.29, 0.717) is 19.4 Å². The van der Waals surface area contributed by atoms with Crippen molar-refractivity contribution in [2.45, 2.75) is 53.4 Å². The number of esters is 1. The zero-order valence-electron chi connectivity index (χ0n) is 15.4. The molecule has 0 bridgehead atoms. The van der Waals surface area contributed by atoms with Crippen LogP contribution in [0.1, 0.15) is 50.1 Å². The van der Waals surface area contributed by atoms with E-state index in [9.17, 15) is 9.59 Å². The first-order valence-electron chi connectivity index (χ1n) is 8.64. The number of aromatic nitrogens is 2. The zero-order valence-corrected chi connectivity index (χ0v) is 15.4. The first kappa shape index (κ1) is 18.5. The summed E-state index contributed by atoms with van der Waals surface area (Å²) in [6, 6.07) is 0.